The molecule has 9 heavy (non-hydrogen) atoms. The van der Waals surface area contributed by atoms with Crippen molar-refractivity contribution >= 4 is 0 Å². The molecule has 1 aliphatic carbocycles. The first-order chi connectivity index (χ1) is 3.88. The van der Waals surface area contributed by atoms with E-state index in [0.717, 1.165) is 0 Å². The quantitative estimate of drug-likeness (QED) is 0.503. The Kier molecular flexibility index (Phi) is 1.05. The zero-order valence-electron chi connectivity index (χ0n) is 4.24. The van der Waals surface area contributed by atoms with Crippen LogP contribution in [-0.2, 0) is 0 Å². The Labute approximate surface area is 48.3 Å². The van der Waals surface area contributed by atoms with E-state index < -0.39 is 24.4 Å². The van der Waals surface area contributed by atoms with Crippen LogP contribution >= 0.6 is 0 Å². The maximum Gasteiger partial charge on any atom is 0.335 e. The third-order valence-electron chi connectivity index (χ3n) is 1.36. The van der Waals surface area contributed by atoms with Gasteiger partial charge in [-0.25, -0.2) is 0 Å². The van der Waals surface area contributed by atoms with Crippen molar-refractivity contribution in [3.05, 3.63) is 0 Å². The van der Waals surface area contributed by atoms with Crippen LogP contribution in [0.15, 0.2) is 0 Å². The lowest BCUT2D eigenvalue weighted by atomic mass is 9.86. The van der Waals surface area contributed by atoms with Crippen molar-refractivity contribution in [2.75, 3.05) is 0 Å². The Hall–Kier alpha value is -0.320. The van der Waals surface area contributed by atoms with Gasteiger partial charge in [0.05, 0.1) is 0 Å². The molecule has 0 bridgehead atoms. The van der Waals surface area contributed by atoms with Crippen molar-refractivity contribution < 1.29 is 22.7 Å². The predicted octanol–water partition coefficient (Wildman–Crippen LogP) is 1.02. The first kappa shape index (κ1) is 6.80. The number of hydrogen-bond donors (Lipinski definition) is 1. The fraction of sp³-hybridized carbons (Fsp3) is 1.00. The lowest BCUT2D eigenvalue weighted by molar-refractivity contribution is -0.331. The second-order valence-corrected chi connectivity index (χ2v) is 2.05. The second kappa shape index (κ2) is 1.39. The molecule has 5 heteroatoms. The average Bonchev–Trinajstić information content (AvgIpc) is 1.65. The molecule has 1 saturated carbocycles. The molecule has 1 atom stereocenters. The summed E-state index contributed by atoms with van der Waals surface area (Å²) < 4.78 is 46.7. The standard InChI is InChI=1S/C4H4F4O/c5-3(6)1-2(9)4(3,7)8/h2,9H,1H2/t2-/m0/s1. The van der Waals surface area contributed by atoms with Crippen LogP contribution in [0, 0.1) is 0 Å². The Balaban J connectivity index is 2.70. The van der Waals surface area contributed by atoms with Crippen LogP contribution in [0.2, 0.25) is 0 Å². The summed E-state index contributed by atoms with van der Waals surface area (Å²) in [6.45, 7) is 0. The van der Waals surface area contributed by atoms with Crippen LogP contribution in [0.3, 0.4) is 0 Å². The summed E-state index contributed by atoms with van der Waals surface area (Å²) in [6.07, 6.45) is -3.28. The molecule has 0 aromatic heterocycles. The molecule has 0 unspecified atom stereocenters. The second-order valence-electron chi connectivity index (χ2n) is 2.05. The van der Waals surface area contributed by atoms with Gasteiger partial charge in [0.25, 0.3) is 0 Å². The molecule has 0 aromatic carbocycles. The van der Waals surface area contributed by atoms with Crippen LogP contribution in [0.1, 0.15) is 6.42 Å². The molecular weight excluding hydrogens is 140 g/mol. The minimum Gasteiger partial charge on any atom is -0.386 e. The van der Waals surface area contributed by atoms with E-state index in [4.69, 9.17) is 5.11 Å². The minimum absolute atomic E-state index is 1.12. The SMILES string of the molecule is O[C@H]1CC(F)(F)C1(F)F. The molecule has 1 aliphatic rings. The van der Waals surface area contributed by atoms with Gasteiger partial charge >= 0.3 is 11.8 Å². The van der Waals surface area contributed by atoms with Gasteiger partial charge in [-0.05, 0) is 0 Å². The summed E-state index contributed by atoms with van der Waals surface area (Å²) in [7, 11) is 0. The van der Waals surface area contributed by atoms with Crippen LogP contribution in [0.4, 0.5) is 17.6 Å². The van der Waals surface area contributed by atoms with E-state index in [2.05, 4.69) is 0 Å². The van der Waals surface area contributed by atoms with Gasteiger partial charge in [0.15, 0.2) is 0 Å². The van der Waals surface area contributed by atoms with Gasteiger partial charge in [0.2, 0.25) is 0 Å². The van der Waals surface area contributed by atoms with Crippen molar-refractivity contribution in [3.63, 3.8) is 0 Å². The monoisotopic (exact) mass is 144 g/mol. The Morgan fingerprint density at radius 2 is 1.67 bits per heavy atom. The van der Waals surface area contributed by atoms with E-state index in [1.54, 1.807) is 0 Å². The van der Waals surface area contributed by atoms with Gasteiger partial charge in [-0.1, -0.05) is 0 Å². The van der Waals surface area contributed by atoms with Crippen LogP contribution in [-0.4, -0.2) is 23.1 Å². The summed E-state index contributed by atoms with van der Waals surface area (Å²) >= 11 is 0. The fourth-order valence-corrected chi connectivity index (χ4v) is 0.620. The highest BCUT2D eigenvalue weighted by molar-refractivity contribution is 5.03. The molecule has 1 nitrogen and oxygen atoms in total. The Bertz CT molecular complexity index is 133. The molecule has 1 fully saturated rings. The summed E-state index contributed by atoms with van der Waals surface area (Å²) in [4.78, 5) is 0. The molecule has 0 radical (unpaired) electrons. The van der Waals surface area contributed by atoms with Crippen molar-refractivity contribution in [1.82, 2.24) is 0 Å². The predicted molar refractivity (Wildman–Crippen MR) is 20.5 cm³/mol. The number of halogens is 4. The van der Waals surface area contributed by atoms with E-state index in [1.807, 2.05) is 0 Å². The highest BCUT2D eigenvalue weighted by Crippen LogP contribution is 2.50. The van der Waals surface area contributed by atoms with Crippen LogP contribution in [0.5, 0.6) is 0 Å². The smallest absolute Gasteiger partial charge is 0.335 e. The molecule has 0 aliphatic heterocycles. The number of hydrogen-bond acceptors (Lipinski definition) is 1. The largest absolute Gasteiger partial charge is 0.386 e. The highest BCUT2D eigenvalue weighted by atomic mass is 19.3. The topological polar surface area (TPSA) is 20.2 Å². The molecule has 0 spiro atoms. The maximum atomic E-state index is 11.7. The summed E-state index contributed by atoms with van der Waals surface area (Å²) in [5.41, 5.74) is 0. The van der Waals surface area contributed by atoms with E-state index in [9.17, 15) is 17.6 Å². The first-order valence-electron chi connectivity index (χ1n) is 2.31. The number of alkyl halides is 4. The molecule has 0 heterocycles. The number of aliphatic hydroxyl groups excluding tert-OH is 1. The molecule has 0 aromatic rings. The van der Waals surface area contributed by atoms with Crippen molar-refractivity contribution in [2.45, 2.75) is 24.4 Å². The lowest BCUT2D eigenvalue weighted by Crippen LogP contribution is -2.62. The van der Waals surface area contributed by atoms with Crippen LogP contribution in [0.25, 0.3) is 0 Å². The Morgan fingerprint density at radius 3 is 1.67 bits per heavy atom. The van der Waals surface area contributed by atoms with Gasteiger partial charge in [-0.15, -0.1) is 0 Å². The fourth-order valence-electron chi connectivity index (χ4n) is 0.620. The highest BCUT2D eigenvalue weighted by Gasteiger charge is 2.71. The Morgan fingerprint density at radius 1 is 1.22 bits per heavy atom. The molecule has 0 amide bonds. The zero-order valence-corrected chi connectivity index (χ0v) is 4.24. The molecule has 1 N–H and O–H groups in total. The summed E-state index contributed by atoms with van der Waals surface area (Å²) in [6, 6.07) is 0. The van der Waals surface area contributed by atoms with Crippen molar-refractivity contribution in [2.24, 2.45) is 0 Å². The van der Waals surface area contributed by atoms with Gasteiger partial charge in [-0.3, -0.25) is 0 Å². The van der Waals surface area contributed by atoms with Gasteiger partial charge in [-0.2, -0.15) is 17.6 Å². The number of rotatable bonds is 0. The minimum atomic E-state index is -4.20. The van der Waals surface area contributed by atoms with Gasteiger partial charge in [0, 0.05) is 6.42 Å². The first-order valence-corrected chi connectivity index (χ1v) is 2.31. The van der Waals surface area contributed by atoms with E-state index >= 15 is 0 Å². The van der Waals surface area contributed by atoms with Crippen molar-refractivity contribution in [1.29, 1.82) is 0 Å². The number of aliphatic hydroxyl groups is 1. The van der Waals surface area contributed by atoms with Gasteiger partial charge < -0.3 is 5.11 Å². The third kappa shape index (κ3) is 0.640. The molecule has 0 saturated heterocycles. The molecule has 1 rings (SSSR count). The average molecular weight is 144 g/mol. The van der Waals surface area contributed by atoms with E-state index in [1.165, 1.54) is 0 Å². The molecular formula is C4H4F4O. The molecule has 54 valence electrons. The van der Waals surface area contributed by atoms with Crippen LogP contribution < -0.4 is 0 Å². The van der Waals surface area contributed by atoms with E-state index in [-0.39, 0.29) is 0 Å². The zero-order chi connectivity index (χ0) is 7.28. The third-order valence-corrected chi connectivity index (χ3v) is 1.36. The van der Waals surface area contributed by atoms with E-state index in [0.29, 0.717) is 0 Å². The normalized spacial score (nSPS) is 37.7. The summed E-state index contributed by atoms with van der Waals surface area (Å²) in [5.74, 6) is -8.20. The van der Waals surface area contributed by atoms with Crippen molar-refractivity contribution in [3.8, 4) is 0 Å². The maximum absolute atomic E-state index is 11.7. The summed E-state index contributed by atoms with van der Waals surface area (Å²) in [5, 5.41) is 8.08. The lowest BCUT2D eigenvalue weighted by Gasteiger charge is -2.40. The van der Waals surface area contributed by atoms with Gasteiger partial charge in [0.1, 0.15) is 6.10 Å².